The summed E-state index contributed by atoms with van der Waals surface area (Å²) >= 11 is 5.31. The van der Waals surface area contributed by atoms with E-state index in [4.69, 9.17) is 17.0 Å². The van der Waals surface area contributed by atoms with Crippen LogP contribution in [0, 0.1) is 6.92 Å². The van der Waals surface area contributed by atoms with E-state index in [0.29, 0.717) is 23.8 Å². The maximum atomic E-state index is 13.0. The van der Waals surface area contributed by atoms with E-state index in [2.05, 4.69) is 10.6 Å². The predicted octanol–water partition coefficient (Wildman–Crippen LogP) is 2.66. The smallest absolute Gasteiger partial charge is 0.253 e. The van der Waals surface area contributed by atoms with Crippen LogP contribution in [0.15, 0.2) is 29.5 Å². The molecule has 0 aliphatic carbocycles. The zero-order valence-corrected chi connectivity index (χ0v) is 15.7. The molecule has 1 aromatic rings. The third kappa shape index (κ3) is 3.53. The molecule has 6 heteroatoms. The summed E-state index contributed by atoms with van der Waals surface area (Å²) in [5, 5.41) is 6.86. The van der Waals surface area contributed by atoms with Crippen LogP contribution in [-0.2, 0) is 4.79 Å². The summed E-state index contributed by atoms with van der Waals surface area (Å²) in [6, 6.07) is 5.60. The Hall–Kier alpha value is -2.08. The molecule has 130 valence electrons. The van der Waals surface area contributed by atoms with Crippen molar-refractivity contribution in [2.24, 2.45) is 0 Å². The highest BCUT2D eigenvalue weighted by atomic mass is 32.1. The molecule has 0 radical (unpaired) electrons. The number of hydrogen-bond donors (Lipinski definition) is 2. The Morgan fingerprint density at radius 3 is 2.50 bits per heavy atom. The second-order valence-electron chi connectivity index (χ2n) is 5.77. The summed E-state index contributed by atoms with van der Waals surface area (Å²) in [4.78, 5) is 14.8. The van der Waals surface area contributed by atoms with Gasteiger partial charge in [-0.15, -0.1) is 0 Å². The highest BCUT2D eigenvalue weighted by Crippen LogP contribution is 2.31. The molecule has 24 heavy (non-hydrogen) atoms. The number of likely N-dealkylation sites (N-methyl/N-ethyl adjacent to an activating group) is 1. The van der Waals surface area contributed by atoms with Gasteiger partial charge in [-0.1, -0.05) is 6.07 Å². The Kier molecular flexibility index (Phi) is 5.83. The van der Waals surface area contributed by atoms with Crippen LogP contribution in [0.4, 0.5) is 0 Å². The van der Waals surface area contributed by atoms with E-state index in [9.17, 15) is 4.79 Å². The fraction of sp³-hybridized carbons (Fsp3) is 0.444. The van der Waals surface area contributed by atoms with Crippen molar-refractivity contribution in [1.29, 1.82) is 0 Å². The number of nitrogens with zero attached hydrogens (tertiary/aromatic N) is 1. The molecule has 0 bridgehead atoms. The van der Waals surface area contributed by atoms with Crippen LogP contribution in [0.5, 0.6) is 5.75 Å². The molecule has 0 unspecified atom stereocenters. The number of ether oxygens (including phenoxy) is 1. The average molecular weight is 347 g/mol. The molecule has 0 spiro atoms. The first-order chi connectivity index (χ1) is 11.4. The normalized spacial score (nSPS) is 17.2. The third-order valence-corrected chi connectivity index (χ3v) is 4.56. The van der Waals surface area contributed by atoms with Crippen molar-refractivity contribution < 1.29 is 9.53 Å². The molecular weight excluding hydrogens is 322 g/mol. The molecule has 2 N–H and O–H groups in total. The van der Waals surface area contributed by atoms with Gasteiger partial charge in [0.2, 0.25) is 0 Å². The third-order valence-electron chi connectivity index (χ3n) is 4.34. The Bertz CT molecular complexity index is 681. The molecule has 0 fully saturated rings. The van der Waals surface area contributed by atoms with E-state index >= 15 is 0 Å². The van der Waals surface area contributed by atoms with Gasteiger partial charge in [0.25, 0.3) is 5.91 Å². The Morgan fingerprint density at radius 1 is 1.29 bits per heavy atom. The van der Waals surface area contributed by atoms with E-state index < -0.39 is 0 Å². The van der Waals surface area contributed by atoms with Gasteiger partial charge in [0.1, 0.15) is 5.75 Å². The lowest BCUT2D eigenvalue weighted by Gasteiger charge is -2.33. The van der Waals surface area contributed by atoms with Crippen LogP contribution in [0.25, 0.3) is 0 Å². The second-order valence-corrected chi connectivity index (χ2v) is 6.18. The maximum Gasteiger partial charge on any atom is 0.253 e. The summed E-state index contributed by atoms with van der Waals surface area (Å²) in [6.45, 7) is 9.23. The first-order valence-corrected chi connectivity index (χ1v) is 8.55. The summed E-state index contributed by atoms with van der Waals surface area (Å²) in [5.74, 6) is 0.824. The van der Waals surface area contributed by atoms with Crippen LogP contribution in [0.1, 0.15) is 37.9 Å². The van der Waals surface area contributed by atoms with Crippen molar-refractivity contribution in [2.45, 2.75) is 33.7 Å². The van der Waals surface area contributed by atoms with Crippen LogP contribution in [0.2, 0.25) is 0 Å². The summed E-state index contributed by atoms with van der Waals surface area (Å²) in [5.41, 5.74) is 3.58. The summed E-state index contributed by atoms with van der Waals surface area (Å²) in [6.07, 6.45) is 0. The zero-order chi connectivity index (χ0) is 17.9. The van der Waals surface area contributed by atoms with Crippen molar-refractivity contribution in [1.82, 2.24) is 15.5 Å². The van der Waals surface area contributed by atoms with E-state index in [0.717, 1.165) is 22.6 Å². The van der Waals surface area contributed by atoms with Gasteiger partial charge in [0, 0.05) is 18.8 Å². The number of thiocarbonyl (C=S) groups is 1. The first kappa shape index (κ1) is 18.3. The van der Waals surface area contributed by atoms with Gasteiger partial charge >= 0.3 is 0 Å². The zero-order valence-electron chi connectivity index (χ0n) is 14.9. The van der Waals surface area contributed by atoms with Gasteiger partial charge in [0.15, 0.2) is 5.11 Å². The number of methoxy groups -OCH3 is 1. The molecule has 1 aliphatic heterocycles. The summed E-state index contributed by atoms with van der Waals surface area (Å²) in [7, 11) is 1.64. The van der Waals surface area contributed by atoms with Crippen molar-refractivity contribution in [3.05, 3.63) is 40.6 Å². The number of nitrogens with one attached hydrogen (secondary N) is 2. The highest BCUT2D eigenvalue weighted by molar-refractivity contribution is 7.80. The Balaban J connectivity index is 2.51. The van der Waals surface area contributed by atoms with Gasteiger partial charge < -0.3 is 20.3 Å². The summed E-state index contributed by atoms with van der Waals surface area (Å²) < 4.78 is 5.28. The van der Waals surface area contributed by atoms with Crippen molar-refractivity contribution in [3.8, 4) is 5.75 Å². The van der Waals surface area contributed by atoms with E-state index in [1.54, 1.807) is 7.11 Å². The van der Waals surface area contributed by atoms with Crippen molar-refractivity contribution in [2.75, 3.05) is 20.2 Å². The quantitative estimate of drug-likeness (QED) is 0.802. The SMILES string of the molecule is CCN(CC)C(=O)C1=C(C)NC(=S)N[C@H]1c1ccc(OC)cc1C. The standard InChI is InChI=1S/C18H25N3O2S/c1-6-21(7-2)17(22)15-12(4)19-18(24)20-16(15)14-9-8-13(23-5)10-11(14)3/h8-10,16H,6-7H2,1-5H3,(H2,19,20,24)/t16-/m0/s1. The number of aryl methyl sites for hydroxylation is 1. The molecule has 1 atom stereocenters. The molecule has 0 saturated carbocycles. The minimum atomic E-state index is -0.266. The Morgan fingerprint density at radius 2 is 1.96 bits per heavy atom. The number of carbonyl (C=O) groups is 1. The number of amides is 1. The number of benzene rings is 1. The second kappa shape index (κ2) is 7.66. The topological polar surface area (TPSA) is 53.6 Å². The maximum absolute atomic E-state index is 13.0. The Labute approximate surface area is 149 Å². The van der Waals surface area contributed by atoms with Crippen molar-refractivity contribution >= 4 is 23.2 Å². The van der Waals surface area contributed by atoms with Crippen LogP contribution < -0.4 is 15.4 Å². The van der Waals surface area contributed by atoms with Gasteiger partial charge in [-0.05, 0) is 63.2 Å². The molecule has 0 aromatic heterocycles. The van der Waals surface area contributed by atoms with Gasteiger partial charge in [-0.3, -0.25) is 4.79 Å². The lowest BCUT2D eigenvalue weighted by Crippen LogP contribution is -2.47. The fourth-order valence-electron chi connectivity index (χ4n) is 2.99. The van der Waals surface area contributed by atoms with Gasteiger partial charge in [0.05, 0.1) is 18.7 Å². The molecule has 1 heterocycles. The lowest BCUT2D eigenvalue weighted by atomic mass is 9.91. The molecule has 1 aromatic carbocycles. The van der Waals surface area contributed by atoms with Crippen LogP contribution in [0.3, 0.4) is 0 Å². The van der Waals surface area contributed by atoms with Gasteiger partial charge in [-0.2, -0.15) is 0 Å². The highest BCUT2D eigenvalue weighted by Gasteiger charge is 2.32. The van der Waals surface area contributed by atoms with Crippen LogP contribution in [-0.4, -0.2) is 36.1 Å². The molecule has 5 nitrogen and oxygen atoms in total. The molecule has 1 amide bonds. The first-order valence-electron chi connectivity index (χ1n) is 8.14. The molecule has 0 saturated heterocycles. The molecule has 2 rings (SSSR count). The van der Waals surface area contributed by atoms with Crippen LogP contribution >= 0.6 is 12.2 Å². The predicted molar refractivity (Wildman–Crippen MR) is 100.0 cm³/mol. The van der Waals surface area contributed by atoms with E-state index in [-0.39, 0.29) is 11.9 Å². The van der Waals surface area contributed by atoms with E-state index in [1.165, 1.54) is 0 Å². The number of rotatable bonds is 5. The minimum absolute atomic E-state index is 0.0280. The minimum Gasteiger partial charge on any atom is -0.497 e. The van der Waals surface area contributed by atoms with Crippen molar-refractivity contribution in [3.63, 3.8) is 0 Å². The largest absolute Gasteiger partial charge is 0.497 e. The fourth-order valence-corrected chi connectivity index (χ4v) is 3.26. The molecular formula is C18H25N3O2S. The molecule has 1 aliphatic rings. The average Bonchev–Trinajstić information content (AvgIpc) is 2.54. The lowest BCUT2D eigenvalue weighted by molar-refractivity contribution is -0.127. The monoisotopic (exact) mass is 347 g/mol. The number of hydrogen-bond acceptors (Lipinski definition) is 3. The van der Waals surface area contributed by atoms with E-state index in [1.807, 2.05) is 50.8 Å². The van der Waals surface area contributed by atoms with Gasteiger partial charge in [-0.25, -0.2) is 0 Å². The number of carbonyl (C=O) groups excluding carboxylic acids is 1. The number of allylic oxidation sites excluding steroid dienone is 1.